The fourth-order valence-electron chi connectivity index (χ4n) is 1.23. The lowest BCUT2D eigenvalue weighted by molar-refractivity contribution is 0.100. The lowest BCUT2D eigenvalue weighted by Crippen LogP contribution is -2.13. The average Bonchev–Trinajstić information content (AvgIpc) is 2.25. The van der Waals surface area contributed by atoms with Crippen molar-refractivity contribution in [1.29, 1.82) is 0 Å². The summed E-state index contributed by atoms with van der Waals surface area (Å²) in [6, 6.07) is 0. The first-order chi connectivity index (χ1) is 5.57. The van der Waals surface area contributed by atoms with E-state index in [0.29, 0.717) is 10.6 Å². The van der Waals surface area contributed by atoms with Crippen LogP contribution in [0.4, 0.5) is 5.00 Å². The van der Waals surface area contributed by atoms with Crippen molar-refractivity contribution < 1.29 is 4.79 Å². The van der Waals surface area contributed by atoms with Gasteiger partial charge in [-0.25, -0.2) is 0 Å². The van der Waals surface area contributed by atoms with Crippen LogP contribution in [0, 0.1) is 6.92 Å². The molecule has 3 nitrogen and oxygen atoms in total. The smallest absolute Gasteiger partial charge is 0.251 e. The highest BCUT2D eigenvalue weighted by molar-refractivity contribution is 7.16. The van der Waals surface area contributed by atoms with Gasteiger partial charge in [-0.2, -0.15) is 0 Å². The van der Waals surface area contributed by atoms with Gasteiger partial charge in [-0.15, -0.1) is 11.3 Å². The van der Waals surface area contributed by atoms with E-state index in [1.54, 1.807) is 0 Å². The van der Waals surface area contributed by atoms with Crippen molar-refractivity contribution in [2.24, 2.45) is 5.73 Å². The maximum absolute atomic E-state index is 10.9. The van der Waals surface area contributed by atoms with Gasteiger partial charge in [-0.1, -0.05) is 6.92 Å². The zero-order chi connectivity index (χ0) is 9.30. The molecular weight excluding hydrogens is 172 g/mol. The molecular formula is C8H12N2OS. The zero-order valence-electron chi connectivity index (χ0n) is 7.18. The second-order valence-corrected chi connectivity index (χ2v) is 3.74. The molecule has 4 N–H and O–H groups in total. The summed E-state index contributed by atoms with van der Waals surface area (Å²) in [4.78, 5) is 12.1. The van der Waals surface area contributed by atoms with Crippen LogP contribution in [0.2, 0.25) is 0 Å². The minimum Gasteiger partial charge on any atom is -0.390 e. The van der Waals surface area contributed by atoms with Gasteiger partial charge >= 0.3 is 0 Å². The molecule has 12 heavy (non-hydrogen) atoms. The quantitative estimate of drug-likeness (QED) is 0.727. The molecule has 0 aliphatic carbocycles. The van der Waals surface area contributed by atoms with Gasteiger partial charge in [0.1, 0.15) is 0 Å². The number of amides is 1. The molecule has 0 bridgehead atoms. The summed E-state index contributed by atoms with van der Waals surface area (Å²) in [6.07, 6.45) is 0.897. The first-order valence-corrected chi connectivity index (χ1v) is 4.57. The van der Waals surface area contributed by atoms with Crippen molar-refractivity contribution in [3.05, 3.63) is 16.0 Å². The Balaban J connectivity index is 3.28. The Labute approximate surface area is 75.4 Å². The molecule has 4 heteroatoms. The Hall–Kier alpha value is -1.03. The SMILES string of the molecule is CCc1sc(N)c(C(N)=O)c1C. The van der Waals surface area contributed by atoms with Crippen LogP contribution in [0.1, 0.15) is 27.7 Å². The zero-order valence-corrected chi connectivity index (χ0v) is 7.99. The summed E-state index contributed by atoms with van der Waals surface area (Å²) in [6.45, 7) is 3.91. The van der Waals surface area contributed by atoms with Crippen LogP contribution in [0.25, 0.3) is 0 Å². The Morgan fingerprint density at radius 2 is 2.17 bits per heavy atom. The van der Waals surface area contributed by atoms with Crippen molar-refractivity contribution in [2.45, 2.75) is 20.3 Å². The summed E-state index contributed by atoms with van der Waals surface area (Å²) in [5.41, 5.74) is 12.2. The van der Waals surface area contributed by atoms with E-state index in [0.717, 1.165) is 16.9 Å². The number of hydrogen-bond donors (Lipinski definition) is 2. The number of thiophene rings is 1. The van der Waals surface area contributed by atoms with Gasteiger partial charge in [-0.3, -0.25) is 4.79 Å². The van der Waals surface area contributed by atoms with Crippen LogP contribution in [-0.2, 0) is 6.42 Å². The lowest BCUT2D eigenvalue weighted by Gasteiger charge is -1.95. The predicted octanol–water partition coefficient (Wildman–Crippen LogP) is 1.30. The summed E-state index contributed by atoms with van der Waals surface area (Å²) in [7, 11) is 0. The molecule has 1 heterocycles. The van der Waals surface area contributed by atoms with Gasteiger partial charge in [0.25, 0.3) is 5.91 Å². The third-order valence-electron chi connectivity index (χ3n) is 1.84. The molecule has 1 amide bonds. The first kappa shape index (κ1) is 9.06. The van der Waals surface area contributed by atoms with Gasteiger partial charge in [0.2, 0.25) is 0 Å². The standard InChI is InChI=1S/C8H12N2OS/c1-3-5-4(2)6(7(9)11)8(10)12-5/h3,10H2,1-2H3,(H2,9,11). The maximum Gasteiger partial charge on any atom is 0.251 e. The molecule has 66 valence electrons. The topological polar surface area (TPSA) is 69.1 Å². The van der Waals surface area contributed by atoms with E-state index in [4.69, 9.17) is 11.5 Å². The Kier molecular flexibility index (Phi) is 2.38. The molecule has 0 unspecified atom stereocenters. The summed E-state index contributed by atoms with van der Waals surface area (Å²) < 4.78 is 0. The molecule has 0 saturated heterocycles. The Morgan fingerprint density at radius 1 is 1.58 bits per heavy atom. The number of nitrogen functional groups attached to an aromatic ring is 1. The molecule has 0 spiro atoms. The fourth-order valence-corrected chi connectivity index (χ4v) is 2.25. The molecule has 0 atom stereocenters. The Bertz CT molecular complexity index is 317. The number of aryl methyl sites for hydroxylation is 1. The van der Waals surface area contributed by atoms with Crippen LogP contribution >= 0.6 is 11.3 Å². The number of carbonyl (C=O) groups excluding carboxylic acids is 1. The van der Waals surface area contributed by atoms with Crippen LogP contribution in [0.15, 0.2) is 0 Å². The lowest BCUT2D eigenvalue weighted by atomic mass is 10.1. The number of rotatable bonds is 2. The molecule has 0 aliphatic rings. The van der Waals surface area contributed by atoms with E-state index in [2.05, 4.69) is 0 Å². The third kappa shape index (κ3) is 1.30. The highest BCUT2D eigenvalue weighted by Crippen LogP contribution is 2.30. The van der Waals surface area contributed by atoms with Gasteiger partial charge in [0.05, 0.1) is 10.6 Å². The molecule has 1 aromatic heterocycles. The predicted molar refractivity (Wildman–Crippen MR) is 51.4 cm³/mol. The van der Waals surface area contributed by atoms with Crippen molar-refractivity contribution >= 4 is 22.2 Å². The van der Waals surface area contributed by atoms with E-state index < -0.39 is 5.91 Å². The number of carbonyl (C=O) groups is 1. The molecule has 0 radical (unpaired) electrons. The normalized spacial score (nSPS) is 10.2. The number of anilines is 1. The first-order valence-electron chi connectivity index (χ1n) is 3.75. The highest BCUT2D eigenvalue weighted by Gasteiger charge is 2.15. The molecule has 0 aromatic carbocycles. The summed E-state index contributed by atoms with van der Waals surface area (Å²) in [5, 5.41) is 0.539. The monoisotopic (exact) mass is 184 g/mol. The van der Waals surface area contributed by atoms with E-state index in [-0.39, 0.29) is 0 Å². The number of nitrogens with two attached hydrogens (primary N) is 2. The number of hydrogen-bond acceptors (Lipinski definition) is 3. The molecule has 1 aromatic rings. The van der Waals surface area contributed by atoms with E-state index in [1.165, 1.54) is 11.3 Å². The average molecular weight is 184 g/mol. The van der Waals surface area contributed by atoms with E-state index in [1.807, 2.05) is 13.8 Å². The van der Waals surface area contributed by atoms with Crippen LogP contribution in [0.5, 0.6) is 0 Å². The summed E-state index contributed by atoms with van der Waals surface area (Å²) in [5.74, 6) is -0.430. The van der Waals surface area contributed by atoms with E-state index >= 15 is 0 Å². The van der Waals surface area contributed by atoms with Crippen molar-refractivity contribution in [1.82, 2.24) is 0 Å². The van der Waals surface area contributed by atoms with Gasteiger partial charge < -0.3 is 11.5 Å². The maximum atomic E-state index is 10.9. The summed E-state index contributed by atoms with van der Waals surface area (Å²) >= 11 is 1.45. The van der Waals surface area contributed by atoms with Gasteiger partial charge in [-0.05, 0) is 18.9 Å². The second-order valence-electron chi connectivity index (χ2n) is 2.61. The molecule has 1 rings (SSSR count). The van der Waals surface area contributed by atoms with Crippen molar-refractivity contribution in [3.8, 4) is 0 Å². The largest absolute Gasteiger partial charge is 0.390 e. The van der Waals surface area contributed by atoms with Gasteiger partial charge in [0.15, 0.2) is 0 Å². The van der Waals surface area contributed by atoms with Crippen molar-refractivity contribution in [2.75, 3.05) is 5.73 Å². The van der Waals surface area contributed by atoms with Crippen LogP contribution < -0.4 is 11.5 Å². The number of primary amides is 1. The highest BCUT2D eigenvalue weighted by atomic mass is 32.1. The van der Waals surface area contributed by atoms with Gasteiger partial charge in [0, 0.05) is 4.88 Å². The second kappa shape index (κ2) is 3.15. The molecule has 0 fully saturated rings. The minimum absolute atomic E-state index is 0.430. The molecule has 0 aliphatic heterocycles. The van der Waals surface area contributed by atoms with Crippen LogP contribution in [0.3, 0.4) is 0 Å². The van der Waals surface area contributed by atoms with Crippen LogP contribution in [-0.4, -0.2) is 5.91 Å². The third-order valence-corrected chi connectivity index (χ3v) is 3.11. The Morgan fingerprint density at radius 3 is 2.42 bits per heavy atom. The minimum atomic E-state index is -0.430. The molecule has 0 saturated carbocycles. The van der Waals surface area contributed by atoms with E-state index in [9.17, 15) is 4.79 Å². The fraction of sp³-hybridized carbons (Fsp3) is 0.375. The van der Waals surface area contributed by atoms with Crippen molar-refractivity contribution in [3.63, 3.8) is 0 Å².